The maximum Gasteiger partial charge on any atom is 0.0593 e. The zero-order chi connectivity index (χ0) is 5.11. The van der Waals surface area contributed by atoms with E-state index in [4.69, 9.17) is 4.74 Å². The van der Waals surface area contributed by atoms with Crippen molar-refractivity contribution in [2.45, 2.75) is 11.7 Å². The molecular weight excluding hydrogens is 223 g/mol. The smallest absolute Gasteiger partial charge is 0.0593 e. The molecule has 1 aliphatic rings. The van der Waals surface area contributed by atoms with Crippen LogP contribution in [0.25, 0.3) is 0 Å². The summed E-state index contributed by atoms with van der Waals surface area (Å²) in [6, 6.07) is 0. The van der Waals surface area contributed by atoms with Gasteiger partial charge in [0.15, 0.2) is 0 Å². The largest absolute Gasteiger partial charge is 0.380 e. The number of hydrogen-bond acceptors (Lipinski definition) is 2. The highest BCUT2D eigenvalue weighted by molar-refractivity contribution is 14.2. The molecule has 0 N–H and O–H groups in total. The van der Waals surface area contributed by atoms with E-state index >= 15 is 0 Å². The zero-order valence-corrected chi connectivity index (χ0v) is 6.87. The Morgan fingerprint density at radius 3 is 2.86 bits per heavy atom. The Kier molecular flexibility index (Phi) is 2.77. The Labute approximate surface area is 59.8 Å². The van der Waals surface area contributed by atoms with Crippen LogP contribution in [0.2, 0.25) is 0 Å². The average molecular weight is 230 g/mol. The van der Waals surface area contributed by atoms with Gasteiger partial charge in [-0.15, -0.1) is 0 Å². The first-order valence-electron chi connectivity index (χ1n) is 2.28. The minimum absolute atomic E-state index is 0.778. The van der Waals surface area contributed by atoms with E-state index in [0.717, 1.165) is 18.5 Å². The number of rotatable bonds is 1. The van der Waals surface area contributed by atoms with Crippen LogP contribution in [-0.2, 0) is 4.74 Å². The molecular formula is C4H7IOS. The van der Waals surface area contributed by atoms with Gasteiger partial charge in [-0.1, -0.05) is 8.93 Å². The SMILES string of the molecule is ISC1CCOC1. The Morgan fingerprint density at radius 2 is 2.57 bits per heavy atom. The molecule has 1 saturated heterocycles. The minimum Gasteiger partial charge on any atom is -0.380 e. The zero-order valence-electron chi connectivity index (χ0n) is 3.89. The summed E-state index contributed by atoms with van der Waals surface area (Å²) in [4.78, 5) is 0. The van der Waals surface area contributed by atoms with E-state index in [2.05, 4.69) is 21.2 Å². The maximum absolute atomic E-state index is 5.12. The number of ether oxygens (including phenoxy) is 1. The lowest BCUT2D eigenvalue weighted by atomic mass is 10.4. The van der Waals surface area contributed by atoms with Crippen molar-refractivity contribution in [3.63, 3.8) is 0 Å². The molecule has 1 heterocycles. The molecule has 1 nitrogen and oxygen atoms in total. The van der Waals surface area contributed by atoms with Gasteiger partial charge in [0.05, 0.1) is 6.61 Å². The molecule has 0 spiro atoms. The van der Waals surface area contributed by atoms with Gasteiger partial charge in [0, 0.05) is 11.9 Å². The summed E-state index contributed by atoms with van der Waals surface area (Å²) in [6.07, 6.45) is 1.24. The summed E-state index contributed by atoms with van der Waals surface area (Å²) in [5.41, 5.74) is 0. The van der Waals surface area contributed by atoms with Gasteiger partial charge in [-0.25, -0.2) is 0 Å². The predicted octanol–water partition coefficient (Wildman–Crippen LogP) is 1.86. The van der Waals surface area contributed by atoms with Gasteiger partial charge in [-0.05, 0) is 27.6 Å². The van der Waals surface area contributed by atoms with E-state index in [9.17, 15) is 0 Å². The van der Waals surface area contributed by atoms with Crippen molar-refractivity contribution < 1.29 is 4.74 Å². The van der Waals surface area contributed by atoms with Crippen molar-refractivity contribution in [2.75, 3.05) is 13.2 Å². The van der Waals surface area contributed by atoms with Gasteiger partial charge in [0.2, 0.25) is 0 Å². The van der Waals surface area contributed by atoms with Crippen molar-refractivity contribution in [2.24, 2.45) is 0 Å². The first-order valence-corrected chi connectivity index (χ1v) is 5.71. The minimum atomic E-state index is 0.778. The average Bonchev–Trinajstić information content (AvgIpc) is 2.14. The highest BCUT2D eigenvalue weighted by Gasteiger charge is 2.13. The fourth-order valence-electron chi connectivity index (χ4n) is 0.583. The molecule has 0 saturated carbocycles. The first kappa shape index (κ1) is 6.16. The molecule has 0 aromatic heterocycles. The Bertz CT molecular complexity index is 53.7. The molecule has 1 rings (SSSR count). The van der Waals surface area contributed by atoms with Crippen molar-refractivity contribution in [1.29, 1.82) is 0 Å². The molecule has 0 aliphatic carbocycles. The lowest BCUT2D eigenvalue weighted by molar-refractivity contribution is 0.199. The topological polar surface area (TPSA) is 9.23 Å². The molecule has 0 radical (unpaired) electrons. The van der Waals surface area contributed by atoms with E-state index in [1.165, 1.54) is 6.42 Å². The fourth-order valence-corrected chi connectivity index (χ4v) is 2.12. The second-order valence-electron chi connectivity index (χ2n) is 1.57. The van der Waals surface area contributed by atoms with E-state index in [1.807, 2.05) is 8.93 Å². The monoisotopic (exact) mass is 230 g/mol. The highest BCUT2D eigenvalue weighted by Crippen LogP contribution is 2.25. The number of halogens is 1. The quantitative estimate of drug-likeness (QED) is 0.636. The van der Waals surface area contributed by atoms with Crippen LogP contribution in [0.1, 0.15) is 6.42 Å². The van der Waals surface area contributed by atoms with Crippen LogP contribution in [0.15, 0.2) is 0 Å². The number of hydrogen-bond donors (Lipinski definition) is 0. The Hall–Kier alpha value is 1.04. The van der Waals surface area contributed by atoms with Crippen molar-refractivity contribution in [3.05, 3.63) is 0 Å². The molecule has 1 aliphatic heterocycles. The Morgan fingerprint density at radius 1 is 1.71 bits per heavy atom. The Balaban J connectivity index is 2.14. The van der Waals surface area contributed by atoms with Crippen LogP contribution >= 0.6 is 30.1 Å². The van der Waals surface area contributed by atoms with Gasteiger partial charge < -0.3 is 4.74 Å². The van der Waals surface area contributed by atoms with Gasteiger partial charge in [-0.2, -0.15) is 0 Å². The van der Waals surface area contributed by atoms with Crippen LogP contribution in [0.4, 0.5) is 0 Å². The third-order valence-electron chi connectivity index (χ3n) is 1.01. The highest BCUT2D eigenvalue weighted by atomic mass is 127. The third-order valence-corrected chi connectivity index (χ3v) is 3.80. The van der Waals surface area contributed by atoms with Crippen molar-refractivity contribution >= 4 is 30.1 Å². The molecule has 1 unspecified atom stereocenters. The van der Waals surface area contributed by atoms with Crippen molar-refractivity contribution in [3.8, 4) is 0 Å². The van der Waals surface area contributed by atoms with E-state index < -0.39 is 0 Å². The van der Waals surface area contributed by atoms with Crippen molar-refractivity contribution in [1.82, 2.24) is 0 Å². The van der Waals surface area contributed by atoms with E-state index in [1.54, 1.807) is 0 Å². The summed E-state index contributed by atoms with van der Waals surface area (Å²) < 4.78 is 5.12. The summed E-state index contributed by atoms with van der Waals surface area (Å²) in [6.45, 7) is 1.94. The molecule has 0 amide bonds. The second kappa shape index (κ2) is 3.14. The van der Waals surface area contributed by atoms with Gasteiger partial charge in [0.1, 0.15) is 0 Å². The maximum atomic E-state index is 5.12. The molecule has 0 bridgehead atoms. The molecule has 0 aromatic carbocycles. The summed E-state index contributed by atoms with van der Waals surface area (Å²) in [7, 11) is 1.88. The summed E-state index contributed by atoms with van der Waals surface area (Å²) >= 11 is 2.33. The first-order chi connectivity index (χ1) is 3.43. The summed E-state index contributed by atoms with van der Waals surface area (Å²) in [5, 5.41) is 0.778. The normalized spacial score (nSPS) is 31.3. The lowest BCUT2D eigenvalue weighted by Gasteiger charge is -1.95. The van der Waals surface area contributed by atoms with E-state index in [-0.39, 0.29) is 0 Å². The molecule has 42 valence electrons. The lowest BCUT2D eigenvalue weighted by Crippen LogP contribution is -1.95. The van der Waals surface area contributed by atoms with Gasteiger partial charge in [0.25, 0.3) is 0 Å². The summed E-state index contributed by atoms with van der Waals surface area (Å²) in [5.74, 6) is 0. The molecule has 1 fully saturated rings. The standard InChI is InChI=1S/C4H7IOS/c5-7-4-1-2-6-3-4/h4H,1-3H2. The predicted molar refractivity (Wildman–Crippen MR) is 40.8 cm³/mol. The third kappa shape index (κ3) is 1.77. The molecule has 7 heavy (non-hydrogen) atoms. The molecule has 1 atom stereocenters. The van der Waals surface area contributed by atoms with Crippen LogP contribution in [0.3, 0.4) is 0 Å². The molecule has 3 heteroatoms. The second-order valence-corrected chi connectivity index (χ2v) is 3.95. The van der Waals surface area contributed by atoms with Gasteiger partial charge in [-0.3, -0.25) is 0 Å². The molecule has 0 aromatic rings. The van der Waals surface area contributed by atoms with Gasteiger partial charge >= 0.3 is 0 Å². The van der Waals surface area contributed by atoms with Crippen LogP contribution in [-0.4, -0.2) is 18.5 Å². The fraction of sp³-hybridized carbons (Fsp3) is 1.00. The van der Waals surface area contributed by atoms with Crippen LogP contribution in [0.5, 0.6) is 0 Å². The van der Waals surface area contributed by atoms with E-state index in [0.29, 0.717) is 0 Å². The van der Waals surface area contributed by atoms with Crippen LogP contribution < -0.4 is 0 Å². The van der Waals surface area contributed by atoms with Crippen LogP contribution in [0, 0.1) is 0 Å².